The smallest absolute Gasteiger partial charge is 0.339 e. The number of thiophene rings is 1. The van der Waals surface area contributed by atoms with Gasteiger partial charge < -0.3 is 5.11 Å². The minimum absolute atomic E-state index is 0.204. The average Bonchev–Trinajstić information content (AvgIpc) is 2.83. The topological polar surface area (TPSA) is 67.3 Å². The normalized spacial score (nSPS) is 11.4. The standard InChI is InChI=1S/C15H13NO3S/c1-9-7-11(5-6-16-9)14-4-3-12(20-14)8-13(10(2)17)15(18)19/h3-8H,1-2H3,(H,18,19)/b13-8-. The molecule has 2 aromatic rings. The first-order chi connectivity index (χ1) is 9.47. The summed E-state index contributed by atoms with van der Waals surface area (Å²) in [6.07, 6.45) is 3.14. The van der Waals surface area contributed by atoms with Crippen molar-refractivity contribution in [3.05, 3.63) is 46.6 Å². The molecular weight excluding hydrogens is 274 g/mol. The molecule has 0 aromatic carbocycles. The van der Waals surface area contributed by atoms with Gasteiger partial charge in [0.1, 0.15) is 5.57 Å². The van der Waals surface area contributed by atoms with Crippen molar-refractivity contribution in [1.82, 2.24) is 4.98 Å². The molecule has 0 atom stereocenters. The van der Waals surface area contributed by atoms with E-state index < -0.39 is 11.8 Å². The minimum Gasteiger partial charge on any atom is -0.478 e. The van der Waals surface area contributed by atoms with Crippen molar-refractivity contribution in [2.45, 2.75) is 13.8 Å². The van der Waals surface area contributed by atoms with Crippen molar-refractivity contribution in [2.75, 3.05) is 0 Å². The molecule has 0 aliphatic heterocycles. The third-order valence-corrected chi connectivity index (χ3v) is 3.79. The molecule has 102 valence electrons. The van der Waals surface area contributed by atoms with E-state index in [0.29, 0.717) is 0 Å². The van der Waals surface area contributed by atoms with Gasteiger partial charge in [0.05, 0.1) is 0 Å². The molecule has 2 rings (SSSR count). The number of hydrogen-bond acceptors (Lipinski definition) is 4. The number of aromatic nitrogens is 1. The molecule has 5 heteroatoms. The Hall–Kier alpha value is -2.27. The molecule has 0 saturated heterocycles. The molecular formula is C15H13NO3S. The lowest BCUT2D eigenvalue weighted by molar-refractivity contribution is -0.134. The Bertz CT molecular complexity index is 685. The number of Topliss-reactive ketones (excluding diaryl/α,β-unsaturated/α-hetero) is 1. The summed E-state index contributed by atoms with van der Waals surface area (Å²) in [7, 11) is 0. The number of aliphatic carboxylic acids is 1. The van der Waals surface area contributed by atoms with Gasteiger partial charge in [0, 0.05) is 21.6 Å². The summed E-state index contributed by atoms with van der Waals surface area (Å²) in [5.41, 5.74) is 1.74. The van der Waals surface area contributed by atoms with Gasteiger partial charge in [-0.05, 0) is 49.8 Å². The monoisotopic (exact) mass is 287 g/mol. The van der Waals surface area contributed by atoms with E-state index in [2.05, 4.69) is 4.98 Å². The molecule has 0 spiro atoms. The Morgan fingerprint density at radius 2 is 2.05 bits per heavy atom. The van der Waals surface area contributed by atoms with Crippen LogP contribution in [0.2, 0.25) is 0 Å². The molecule has 4 nitrogen and oxygen atoms in total. The van der Waals surface area contributed by atoms with Gasteiger partial charge in [-0.25, -0.2) is 4.79 Å². The number of ketones is 1. The van der Waals surface area contributed by atoms with Gasteiger partial charge in [0.25, 0.3) is 0 Å². The molecule has 0 saturated carbocycles. The SMILES string of the molecule is CC(=O)/C(=C/c1ccc(-c2ccnc(C)c2)s1)C(=O)O. The lowest BCUT2D eigenvalue weighted by Crippen LogP contribution is -2.08. The van der Waals surface area contributed by atoms with Crippen molar-refractivity contribution in [3.63, 3.8) is 0 Å². The molecule has 0 amide bonds. The Balaban J connectivity index is 2.36. The number of hydrogen-bond donors (Lipinski definition) is 1. The molecule has 20 heavy (non-hydrogen) atoms. The largest absolute Gasteiger partial charge is 0.478 e. The van der Waals surface area contributed by atoms with E-state index in [1.165, 1.54) is 24.3 Å². The van der Waals surface area contributed by atoms with Crippen LogP contribution in [0.5, 0.6) is 0 Å². The minimum atomic E-state index is -1.20. The van der Waals surface area contributed by atoms with Crippen LogP contribution in [0.25, 0.3) is 16.5 Å². The number of rotatable bonds is 4. The second-order valence-corrected chi connectivity index (χ2v) is 5.42. The van der Waals surface area contributed by atoms with Crippen molar-refractivity contribution in [1.29, 1.82) is 0 Å². The Morgan fingerprint density at radius 1 is 1.30 bits per heavy atom. The number of carboxylic acids is 1. The van der Waals surface area contributed by atoms with Crippen LogP contribution in [0, 0.1) is 6.92 Å². The first kappa shape index (κ1) is 14.1. The van der Waals surface area contributed by atoms with Gasteiger partial charge in [0.2, 0.25) is 0 Å². The Labute approximate surface area is 120 Å². The molecule has 2 aromatic heterocycles. The van der Waals surface area contributed by atoms with E-state index in [1.54, 1.807) is 6.20 Å². The fourth-order valence-electron chi connectivity index (χ4n) is 1.74. The summed E-state index contributed by atoms with van der Waals surface area (Å²) in [5, 5.41) is 8.97. The average molecular weight is 287 g/mol. The van der Waals surface area contributed by atoms with E-state index in [-0.39, 0.29) is 5.57 Å². The Kier molecular flexibility index (Phi) is 4.10. The second kappa shape index (κ2) is 5.79. The first-order valence-corrected chi connectivity index (χ1v) is 6.78. The molecule has 0 unspecified atom stereocenters. The van der Waals surface area contributed by atoms with Gasteiger partial charge in [-0.2, -0.15) is 0 Å². The van der Waals surface area contributed by atoms with Gasteiger partial charge in [0.15, 0.2) is 5.78 Å². The number of pyridine rings is 1. The van der Waals surface area contributed by atoms with E-state index in [1.807, 2.05) is 31.2 Å². The maximum absolute atomic E-state index is 11.3. The van der Waals surface area contributed by atoms with Crippen molar-refractivity contribution < 1.29 is 14.7 Å². The highest BCUT2D eigenvalue weighted by molar-refractivity contribution is 7.16. The second-order valence-electron chi connectivity index (χ2n) is 4.31. The van der Waals surface area contributed by atoms with Crippen LogP contribution in [0.15, 0.2) is 36.0 Å². The van der Waals surface area contributed by atoms with Crippen LogP contribution in [0.3, 0.4) is 0 Å². The van der Waals surface area contributed by atoms with Gasteiger partial charge in [-0.1, -0.05) is 0 Å². The molecule has 0 bridgehead atoms. The number of carbonyl (C=O) groups is 2. The lowest BCUT2D eigenvalue weighted by atomic mass is 10.1. The van der Waals surface area contributed by atoms with Crippen LogP contribution in [-0.2, 0) is 9.59 Å². The highest BCUT2D eigenvalue weighted by Gasteiger charge is 2.13. The zero-order chi connectivity index (χ0) is 14.7. The molecule has 0 radical (unpaired) electrons. The van der Waals surface area contributed by atoms with Gasteiger partial charge >= 0.3 is 5.97 Å². The zero-order valence-corrected chi connectivity index (χ0v) is 11.9. The number of aryl methyl sites for hydroxylation is 1. The predicted molar refractivity (Wildman–Crippen MR) is 78.6 cm³/mol. The summed E-state index contributed by atoms with van der Waals surface area (Å²) in [4.78, 5) is 28.1. The van der Waals surface area contributed by atoms with Crippen molar-refractivity contribution >= 4 is 29.2 Å². The lowest BCUT2D eigenvalue weighted by Gasteiger charge is -1.98. The number of carbonyl (C=O) groups excluding carboxylic acids is 1. The van der Waals surface area contributed by atoms with E-state index in [0.717, 1.165) is 21.0 Å². The highest BCUT2D eigenvalue weighted by atomic mass is 32.1. The molecule has 2 heterocycles. The van der Waals surface area contributed by atoms with Crippen LogP contribution >= 0.6 is 11.3 Å². The molecule has 0 fully saturated rings. The summed E-state index contributed by atoms with van der Waals surface area (Å²) in [6, 6.07) is 7.57. The van der Waals surface area contributed by atoms with Crippen LogP contribution < -0.4 is 0 Å². The highest BCUT2D eigenvalue weighted by Crippen LogP contribution is 2.29. The Morgan fingerprint density at radius 3 is 2.65 bits per heavy atom. The maximum Gasteiger partial charge on any atom is 0.339 e. The molecule has 0 aliphatic rings. The van der Waals surface area contributed by atoms with Crippen LogP contribution in [0.4, 0.5) is 0 Å². The van der Waals surface area contributed by atoms with Crippen molar-refractivity contribution in [3.8, 4) is 10.4 Å². The van der Waals surface area contributed by atoms with Gasteiger partial charge in [-0.3, -0.25) is 9.78 Å². The summed E-state index contributed by atoms with van der Waals surface area (Å²) in [5.74, 6) is -1.65. The third-order valence-electron chi connectivity index (χ3n) is 2.70. The van der Waals surface area contributed by atoms with Crippen LogP contribution in [0.1, 0.15) is 17.5 Å². The maximum atomic E-state index is 11.3. The fraction of sp³-hybridized carbons (Fsp3) is 0.133. The summed E-state index contributed by atoms with van der Waals surface area (Å²) < 4.78 is 0. The zero-order valence-electron chi connectivity index (χ0n) is 11.1. The van der Waals surface area contributed by atoms with Gasteiger partial charge in [-0.15, -0.1) is 11.3 Å². The quantitative estimate of drug-likeness (QED) is 0.533. The van der Waals surface area contributed by atoms with E-state index in [4.69, 9.17) is 5.11 Å². The predicted octanol–water partition coefficient (Wildman–Crippen LogP) is 3.18. The van der Waals surface area contributed by atoms with Crippen molar-refractivity contribution in [2.24, 2.45) is 0 Å². The molecule has 1 N–H and O–H groups in total. The third kappa shape index (κ3) is 3.19. The summed E-state index contributed by atoms with van der Waals surface area (Å²) >= 11 is 1.44. The first-order valence-electron chi connectivity index (χ1n) is 5.96. The fourth-order valence-corrected chi connectivity index (χ4v) is 2.69. The number of nitrogens with zero attached hydrogens (tertiary/aromatic N) is 1. The van der Waals surface area contributed by atoms with Crippen LogP contribution in [-0.4, -0.2) is 21.8 Å². The summed E-state index contributed by atoms with van der Waals surface area (Å²) in [6.45, 7) is 3.16. The number of carboxylic acid groups (broad SMARTS) is 1. The molecule has 0 aliphatic carbocycles. The van der Waals surface area contributed by atoms with E-state index in [9.17, 15) is 9.59 Å². The van der Waals surface area contributed by atoms with E-state index >= 15 is 0 Å².